The minimum absolute atomic E-state index is 0.269. The lowest BCUT2D eigenvalue weighted by Gasteiger charge is -2.56. The summed E-state index contributed by atoms with van der Waals surface area (Å²) in [6.45, 7) is 7.54. The Morgan fingerprint density at radius 1 is 0.929 bits per heavy atom. The van der Waals surface area contributed by atoms with Crippen molar-refractivity contribution in [1.82, 2.24) is 4.90 Å². The van der Waals surface area contributed by atoms with Crippen molar-refractivity contribution in [3.63, 3.8) is 0 Å². The predicted octanol–water partition coefficient (Wildman–Crippen LogP) is 4.67. The van der Waals surface area contributed by atoms with E-state index in [1.54, 1.807) is 0 Å². The molecule has 28 heavy (non-hydrogen) atoms. The average molecular weight is 388 g/mol. The number of ketones is 1. The van der Waals surface area contributed by atoms with Gasteiger partial charge in [0.05, 0.1) is 12.1 Å². The van der Waals surface area contributed by atoms with E-state index in [0.717, 1.165) is 68.5 Å². The number of nitrogens with zero attached hydrogens (tertiary/aromatic N) is 1. The van der Waals surface area contributed by atoms with Crippen molar-refractivity contribution in [1.29, 1.82) is 0 Å². The van der Waals surface area contributed by atoms with Gasteiger partial charge >= 0.3 is 0 Å². The largest absolute Gasteiger partial charge is 0.390 e. The molecular formula is C25H41NO2. The molecule has 1 saturated heterocycles. The molecule has 1 heterocycles. The van der Waals surface area contributed by atoms with Gasteiger partial charge in [-0.25, -0.2) is 0 Å². The molecule has 5 fully saturated rings. The highest BCUT2D eigenvalue weighted by Gasteiger charge is 2.58. The van der Waals surface area contributed by atoms with Crippen LogP contribution in [0.25, 0.3) is 0 Å². The number of aliphatic hydroxyl groups is 1. The van der Waals surface area contributed by atoms with E-state index in [-0.39, 0.29) is 5.41 Å². The molecular weight excluding hydrogens is 346 g/mol. The van der Waals surface area contributed by atoms with Crippen LogP contribution < -0.4 is 0 Å². The monoisotopic (exact) mass is 387 g/mol. The second-order valence-corrected chi connectivity index (χ2v) is 11.8. The van der Waals surface area contributed by atoms with Crippen molar-refractivity contribution in [2.75, 3.05) is 19.6 Å². The Morgan fingerprint density at radius 2 is 1.68 bits per heavy atom. The molecule has 0 aromatic heterocycles. The van der Waals surface area contributed by atoms with Crippen molar-refractivity contribution in [3.8, 4) is 0 Å². The zero-order chi connectivity index (χ0) is 19.5. The van der Waals surface area contributed by atoms with E-state index in [4.69, 9.17) is 0 Å². The Kier molecular flexibility index (Phi) is 4.94. The number of fused-ring (bicyclic) bond motifs is 5. The number of carbonyl (C=O) groups excluding carboxylic acids is 1. The summed E-state index contributed by atoms with van der Waals surface area (Å²) in [5.41, 5.74) is -0.150. The van der Waals surface area contributed by atoms with E-state index in [1.165, 1.54) is 51.4 Å². The van der Waals surface area contributed by atoms with Crippen LogP contribution in [0.1, 0.15) is 84.5 Å². The minimum Gasteiger partial charge on any atom is -0.390 e. The van der Waals surface area contributed by atoms with Gasteiger partial charge in [0.1, 0.15) is 5.78 Å². The van der Waals surface area contributed by atoms with Crippen molar-refractivity contribution in [3.05, 3.63) is 0 Å². The highest BCUT2D eigenvalue weighted by Crippen LogP contribution is 2.64. The first-order chi connectivity index (χ1) is 13.4. The third-order valence-electron chi connectivity index (χ3n) is 10.2. The maximum atomic E-state index is 13.3. The summed E-state index contributed by atoms with van der Waals surface area (Å²) in [7, 11) is 0. The van der Waals surface area contributed by atoms with E-state index in [1.807, 2.05) is 0 Å². The zero-order valence-corrected chi connectivity index (χ0v) is 18.2. The number of hydrogen-bond acceptors (Lipinski definition) is 3. The normalized spacial score (nSPS) is 51.4. The van der Waals surface area contributed by atoms with Crippen LogP contribution in [0.3, 0.4) is 0 Å². The fraction of sp³-hybridized carbons (Fsp3) is 0.960. The van der Waals surface area contributed by atoms with Gasteiger partial charge in [0.2, 0.25) is 0 Å². The third kappa shape index (κ3) is 3.20. The summed E-state index contributed by atoms with van der Waals surface area (Å²) in [6.07, 6.45) is 13.5. The van der Waals surface area contributed by atoms with Crippen LogP contribution >= 0.6 is 0 Å². The molecule has 0 aromatic rings. The predicted molar refractivity (Wildman–Crippen MR) is 112 cm³/mol. The second kappa shape index (κ2) is 7.08. The number of Topliss-reactive ketones (excluding diaryl/α,β-unsaturated/α-hetero) is 1. The minimum atomic E-state index is -0.419. The van der Waals surface area contributed by atoms with Gasteiger partial charge in [0, 0.05) is 5.92 Å². The SMILES string of the molecule is CC1(O)CCC2C(CCC3C2CCC2(C)C(C(=O)CN4CCCC4)CCC32)C1. The highest BCUT2D eigenvalue weighted by molar-refractivity contribution is 5.84. The lowest BCUT2D eigenvalue weighted by atomic mass is 9.49. The summed E-state index contributed by atoms with van der Waals surface area (Å²) >= 11 is 0. The van der Waals surface area contributed by atoms with Crippen LogP contribution in [0.15, 0.2) is 0 Å². The van der Waals surface area contributed by atoms with Crippen LogP contribution in [0.5, 0.6) is 0 Å². The molecule has 4 aliphatic carbocycles. The Balaban J connectivity index is 1.29. The number of likely N-dealkylation sites (tertiary alicyclic amines) is 1. The molecule has 4 saturated carbocycles. The molecule has 8 unspecified atom stereocenters. The second-order valence-electron chi connectivity index (χ2n) is 11.8. The fourth-order valence-corrected chi connectivity index (χ4v) is 8.88. The molecule has 0 spiro atoms. The summed E-state index contributed by atoms with van der Waals surface area (Å²) < 4.78 is 0. The molecule has 3 nitrogen and oxygen atoms in total. The van der Waals surface area contributed by atoms with E-state index in [9.17, 15) is 9.90 Å². The number of hydrogen-bond donors (Lipinski definition) is 1. The van der Waals surface area contributed by atoms with E-state index < -0.39 is 5.60 Å². The van der Waals surface area contributed by atoms with E-state index in [0.29, 0.717) is 11.7 Å². The quantitative estimate of drug-likeness (QED) is 0.765. The molecule has 1 aliphatic heterocycles. The Labute approximate surface area is 171 Å². The van der Waals surface area contributed by atoms with Gasteiger partial charge in [-0.05, 0) is 126 Å². The first-order valence-electron chi connectivity index (χ1n) is 12.3. The molecule has 0 aromatic carbocycles. The molecule has 5 aliphatic rings. The van der Waals surface area contributed by atoms with Gasteiger partial charge in [-0.15, -0.1) is 0 Å². The van der Waals surface area contributed by atoms with Gasteiger partial charge in [0.15, 0.2) is 0 Å². The maximum absolute atomic E-state index is 13.3. The summed E-state index contributed by atoms with van der Waals surface area (Å²) in [6, 6.07) is 0. The molecule has 0 amide bonds. The van der Waals surface area contributed by atoms with Gasteiger partial charge in [-0.3, -0.25) is 9.69 Å². The summed E-state index contributed by atoms with van der Waals surface area (Å²) in [5, 5.41) is 10.6. The maximum Gasteiger partial charge on any atom is 0.150 e. The molecule has 158 valence electrons. The Hall–Kier alpha value is -0.410. The smallest absolute Gasteiger partial charge is 0.150 e. The van der Waals surface area contributed by atoms with Gasteiger partial charge in [0.25, 0.3) is 0 Å². The third-order valence-corrected chi connectivity index (χ3v) is 10.2. The lowest BCUT2D eigenvalue weighted by Crippen LogP contribution is -2.51. The molecule has 5 rings (SSSR count). The standard InChI is InChI=1S/C25H41NO2/c1-24(28)11-9-18-17(15-24)5-6-20-19(18)10-12-25(2)21(20)7-8-22(25)23(27)16-26-13-3-4-14-26/h17-22,28H,3-16H2,1-2H3. The Morgan fingerprint density at radius 3 is 2.46 bits per heavy atom. The molecule has 1 N–H and O–H groups in total. The van der Waals surface area contributed by atoms with E-state index in [2.05, 4.69) is 18.7 Å². The molecule has 0 radical (unpaired) electrons. The first-order valence-corrected chi connectivity index (χ1v) is 12.3. The Bertz CT molecular complexity index is 610. The molecule has 8 atom stereocenters. The van der Waals surface area contributed by atoms with Crippen LogP contribution in [0.4, 0.5) is 0 Å². The lowest BCUT2D eigenvalue weighted by molar-refractivity contribution is -0.133. The summed E-state index contributed by atoms with van der Waals surface area (Å²) in [5.74, 6) is 5.00. The van der Waals surface area contributed by atoms with Crippen LogP contribution in [0, 0.1) is 40.9 Å². The van der Waals surface area contributed by atoms with Crippen molar-refractivity contribution in [2.24, 2.45) is 40.9 Å². The van der Waals surface area contributed by atoms with Crippen LogP contribution in [-0.2, 0) is 4.79 Å². The topological polar surface area (TPSA) is 40.5 Å². The van der Waals surface area contributed by atoms with Gasteiger partial charge < -0.3 is 5.11 Å². The first kappa shape index (κ1) is 19.5. The van der Waals surface area contributed by atoms with Crippen molar-refractivity contribution < 1.29 is 9.90 Å². The van der Waals surface area contributed by atoms with Gasteiger partial charge in [-0.2, -0.15) is 0 Å². The fourth-order valence-electron chi connectivity index (χ4n) is 8.88. The van der Waals surface area contributed by atoms with Gasteiger partial charge in [-0.1, -0.05) is 6.92 Å². The van der Waals surface area contributed by atoms with Crippen LogP contribution in [-0.4, -0.2) is 41.0 Å². The highest BCUT2D eigenvalue weighted by atomic mass is 16.3. The zero-order valence-electron chi connectivity index (χ0n) is 18.2. The number of rotatable bonds is 3. The average Bonchev–Trinajstić information content (AvgIpc) is 3.27. The van der Waals surface area contributed by atoms with Crippen molar-refractivity contribution >= 4 is 5.78 Å². The number of carbonyl (C=O) groups is 1. The molecule has 0 bridgehead atoms. The van der Waals surface area contributed by atoms with Crippen LogP contribution in [0.2, 0.25) is 0 Å². The van der Waals surface area contributed by atoms with E-state index >= 15 is 0 Å². The summed E-state index contributed by atoms with van der Waals surface area (Å²) in [4.78, 5) is 15.7. The molecule has 3 heteroatoms. The van der Waals surface area contributed by atoms with Crippen molar-refractivity contribution in [2.45, 2.75) is 90.1 Å².